The van der Waals surface area contributed by atoms with Crippen LogP contribution in [0.4, 0.5) is 11.5 Å². The van der Waals surface area contributed by atoms with Crippen molar-refractivity contribution in [1.82, 2.24) is 4.98 Å². The molecule has 0 aliphatic rings. The number of unbranched alkanes of at least 4 members (excludes halogenated alkanes) is 3. The van der Waals surface area contributed by atoms with Gasteiger partial charge in [0.2, 0.25) is 5.91 Å². The summed E-state index contributed by atoms with van der Waals surface area (Å²) in [5.41, 5.74) is 6.52. The number of nitrogens with zero attached hydrogens (tertiary/aromatic N) is 1. The van der Waals surface area contributed by atoms with Crippen LogP contribution < -0.4 is 16.4 Å². The van der Waals surface area contributed by atoms with E-state index in [4.69, 9.17) is 5.73 Å². The molecule has 6 nitrogen and oxygen atoms in total. The lowest BCUT2D eigenvalue weighted by atomic mass is 10.1. The number of aromatic nitrogens is 1. The van der Waals surface area contributed by atoms with Crippen molar-refractivity contribution >= 4 is 48.1 Å². The Bertz CT molecular complexity index is 699. The van der Waals surface area contributed by atoms with Gasteiger partial charge in [0, 0.05) is 23.9 Å². The normalized spacial score (nSPS) is 9.52. The Balaban J connectivity index is 0.00000338. The molecule has 8 heteroatoms. The zero-order chi connectivity index (χ0) is 17.9. The lowest BCUT2D eigenvalue weighted by Crippen LogP contribution is -2.15. The van der Waals surface area contributed by atoms with Gasteiger partial charge in [0.1, 0.15) is 5.82 Å². The van der Waals surface area contributed by atoms with Gasteiger partial charge in [-0.1, -0.05) is 25.0 Å². The summed E-state index contributed by atoms with van der Waals surface area (Å²) < 4.78 is 0. The Morgan fingerprint density at radius 3 is 2.41 bits per heavy atom. The molecule has 0 aliphatic heterocycles. The molecule has 27 heavy (non-hydrogen) atoms. The van der Waals surface area contributed by atoms with E-state index in [-0.39, 0.29) is 36.6 Å². The number of carbonyl (C=O) groups is 2. The second-order valence-electron chi connectivity index (χ2n) is 5.75. The van der Waals surface area contributed by atoms with Gasteiger partial charge in [0.15, 0.2) is 0 Å². The van der Waals surface area contributed by atoms with Gasteiger partial charge in [0.25, 0.3) is 5.91 Å². The number of pyridine rings is 1. The van der Waals surface area contributed by atoms with Crippen LogP contribution in [0.3, 0.4) is 0 Å². The highest BCUT2D eigenvalue weighted by molar-refractivity contribution is 6.04. The smallest absolute Gasteiger partial charge is 0.256 e. The molecule has 1 aromatic heterocycles. The van der Waals surface area contributed by atoms with E-state index in [0.29, 0.717) is 30.0 Å². The molecule has 0 bridgehead atoms. The maximum atomic E-state index is 12.3. The number of carbonyl (C=O) groups excluding carboxylic acids is 2. The van der Waals surface area contributed by atoms with Crippen LogP contribution in [0.15, 0.2) is 48.7 Å². The fourth-order valence-corrected chi connectivity index (χ4v) is 2.37. The van der Waals surface area contributed by atoms with Crippen molar-refractivity contribution in [2.45, 2.75) is 32.1 Å². The molecular weight excluding hydrogens is 387 g/mol. The summed E-state index contributed by atoms with van der Waals surface area (Å²) in [6.45, 7) is 0.694. The van der Waals surface area contributed by atoms with Crippen molar-refractivity contribution in [2.24, 2.45) is 5.73 Å². The monoisotopic (exact) mass is 412 g/mol. The first-order valence-corrected chi connectivity index (χ1v) is 8.51. The maximum Gasteiger partial charge on any atom is 0.256 e. The van der Waals surface area contributed by atoms with Gasteiger partial charge in [-0.3, -0.25) is 9.59 Å². The quantitative estimate of drug-likeness (QED) is 0.541. The number of amides is 2. The van der Waals surface area contributed by atoms with Gasteiger partial charge in [-0.25, -0.2) is 4.98 Å². The Morgan fingerprint density at radius 1 is 0.926 bits per heavy atom. The molecule has 1 heterocycles. The van der Waals surface area contributed by atoms with Crippen molar-refractivity contribution in [2.75, 3.05) is 17.2 Å². The summed E-state index contributed by atoms with van der Waals surface area (Å²) in [4.78, 5) is 28.3. The molecule has 0 unspecified atom stereocenters. The largest absolute Gasteiger partial charge is 0.330 e. The van der Waals surface area contributed by atoms with E-state index < -0.39 is 0 Å². The Labute approximate surface area is 172 Å². The summed E-state index contributed by atoms with van der Waals surface area (Å²) >= 11 is 0. The molecule has 0 radical (unpaired) electrons. The number of halogens is 2. The Kier molecular flexibility index (Phi) is 12.9. The molecular formula is C19H26Cl2N4O2. The topological polar surface area (TPSA) is 97.1 Å². The van der Waals surface area contributed by atoms with Crippen LogP contribution in [0.2, 0.25) is 0 Å². The van der Waals surface area contributed by atoms with E-state index in [9.17, 15) is 9.59 Å². The number of rotatable bonds is 9. The van der Waals surface area contributed by atoms with Crippen molar-refractivity contribution in [3.8, 4) is 0 Å². The molecule has 2 amide bonds. The molecule has 2 rings (SSSR count). The number of benzene rings is 1. The van der Waals surface area contributed by atoms with Crippen LogP contribution in [0, 0.1) is 0 Å². The van der Waals surface area contributed by atoms with Gasteiger partial charge < -0.3 is 16.4 Å². The first-order chi connectivity index (χ1) is 12.2. The zero-order valence-electron chi connectivity index (χ0n) is 15.0. The number of nitrogens with two attached hydrogens (primary N) is 1. The summed E-state index contributed by atoms with van der Waals surface area (Å²) in [5.74, 6) is 0.172. The first kappa shape index (κ1) is 24.8. The third-order valence-electron chi connectivity index (χ3n) is 3.67. The van der Waals surface area contributed by atoms with Gasteiger partial charge >= 0.3 is 0 Å². The molecule has 0 spiro atoms. The fourth-order valence-electron chi connectivity index (χ4n) is 2.37. The molecule has 0 aliphatic carbocycles. The van der Waals surface area contributed by atoms with Crippen LogP contribution in [0.25, 0.3) is 0 Å². The highest BCUT2D eigenvalue weighted by Crippen LogP contribution is 2.13. The summed E-state index contributed by atoms with van der Waals surface area (Å²) in [6, 6.07) is 12.2. The average Bonchev–Trinajstić information content (AvgIpc) is 2.62. The molecule has 148 valence electrons. The summed E-state index contributed by atoms with van der Waals surface area (Å²) in [5, 5.41) is 5.55. The van der Waals surface area contributed by atoms with Gasteiger partial charge in [0.05, 0.1) is 0 Å². The second-order valence-corrected chi connectivity index (χ2v) is 5.75. The van der Waals surface area contributed by atoms with Gasteiger partial charge in [-0.15, -0.1) is 24.8 Å². The maximum absolute atomic E-state index is 12.3. The van der Waals surface area contributed by atoms with E-state index in [1.165, 1.54) is 0 Å². The summed E-state index contributed by atoms with van der Waals surface area (Å²) in [7, 11) is 0. The minimum atomic E-state index is -0.267. The lowest BCUT2D eigenvalue weighted by Gasteiger charge is -2.08. The molecule has 0 saturated heterocycles. The second kappa shape index (κ2) is 14.0. The average molecular weight is 413 g/mol. The third-order valence-corrected chi connectivity index (χ3v) is 3.67. The van der Waals surface area contributed by atoms with Crippen molar-refractivity contribution in [3.05, 3.63) is 54.2 Å². The van der Waals surface area contributed by atoms with Crippen LogP contribution >= 0.6 is 24.8 Å². The van der Waals surface area contributed by atoms with Crippen molar-refractivity contribution in [3.63, 3.8) is 0 Å². The van der Waals surface area contributed by atoms with Crippen molar-refractivity contribution < 1.29 is 9.59 Å². The molecule has 0 saturated carbocycles. The standard InChI is InChI=1S/C19H24N4O2.2ClH/c20-12-5-2-1-3-11-18(24)22-16-9-7-8-15(14-16)19(25)23-17-10-4-6-13-21-17;;/h4,6-10,13-14H,1-3,5,11-12,20H2,(H,22,24)(H,21,23,25);2*1H. The highest BCUT2D eigenvalue weighted by atomic mass is 35.5. The molecule has 1 aromatic carbocycles. The molecule has 4 N–H and O–H groups in total. The number of anilines is 2. The predicted molar refractivity (Wildman–Crippen MR) is 114 cm³/mol. The van der Waals surface area contributed by atoms with Crippen LogP contribution in [-0.2, 0) is 4.79 Å². The molecule has 0 fully saturated rings. The lowest BCUT2D eigenvalue weighted by molar-refractivity contribution is -0.116. The number of nitrogens with one attached hydrogen (secondary N) is 2. The van der Waals surface area contributed by atoms with E-state index in [0.717, 1.165) is 25.7 Å². The highest BCUT2D eigenvalue weighted by Gasteiger charge is 2.09. The third kappa shape index (κ3) is 9.38. The minimum absolute atomic E-state index is 0. The van der Waals surface area contributed by atoms with E-state index >= 15 is 0 Å². The number of hydrogen-bond donors (Lipinski definition) is 3. The Morgan fingerprint density at radius 2 is 1.70 bits per heavy atom. The van der Waals surface area contributed by atoms with E-state index in [2.05, 4.69) is 15.6 Å². The first-order valence-electron chi connectivity index (χ1n) is 8.51. The summed E-state index contributed by atoms with van der Waals surface area (Å²) in [6.07, 6.45) is 5.96. The SMILES string of the molecule is Cl.Cl.NCCCCCCC(=O)Nc1cccc(C(=O)Nc2ccccn2)c1. The minimum Gasteiger partial charge on any atom is -0.330 e. The zero-order valence-corrected chi connectivity index (χ0v) is 16.7. The van der Waals surface area contributed by atoms with Crippen LogP contribution in [0.5, 0.6) is 0 Å². The predicted octanol–water partition coefficient (Wildman–Crippen LogP) is 4.03. The van der Waals surface area contributed by atoms with Gasteiger partial charge in [-0.2, -0.15) is 0 Å². The van der Waals surface area contributed by atoms with E-state index in [1.807, 2.05) is 0 Å². The fraction of sp³-hybridized carbons (Fsp3) is 0.316. The van der Waals surface area contributed by atoms with Gasteiger partial charge in [-0.05, 0) is 49.7 Å². The number of hydrogen-bond acceptors (Lipinski definition) is 4. The Hall–Kier alpha value is -2.15. The molecule has 0 atom stereocenters. The van der Waals surface area contributed by atoms with Crippen LogP contribution in [-0.4, -0.2) is 23.3 Å². The van der Waals surface area contributed by atoms with Crippen LogP contribution in [0.1, 0.15) is 42.5 Å². The van der Waals surface area contributed by atoms with Crippen molar-refractivity contribution in [1.29, 1.82) is 0 Å². The molecule has 2 aromatic rings. The van der Waals surface area contributed by atoms with E-state index in [1.54, 1.807) is 48.7 Å².